The molecule has 5 rings (SSSR count). The molecule has 33 heavy (non-hydrogen) atoms. The molecule has 1 fully saturated rings. The van der Waals surface area contributed by atoms with E-state index >= 15 is 0 Å². The number of nitrogens with one attached hydrogen (secondary N) is 2. The minimum absolute atomic E-state index is 0.191. The largest absolute Gasteiger partial charge is 0.391 e. The van der Waals surface area contributed by atoms with Crippen molar-refractivity contribution < 1.29 is 9.90 Å². The van der Waals surface area contributed by atoms with Crippen molar-refractivity contribution in [3.05, 3.63) is 58.1 Å². The van der Waals surface area contributed by atoms with E-state index in [1.807, 2.05) is 19.1 Å². The van der Waals surface area contributed by atoms with E-state index in [9.17, 15) is 9.90 Å². The summed E-state index contributed by atoms with van der Waals surface area (Å²) in [4.78, 5) is 31.3. The second-order valence-corrected chi connectivity index (χ2v) is 9.11. The van der Waals surface area contributed by atoms with Crippen molar-refractivity contribution in [2.75, 3.05) is 18.4 Å². The summed E-state index contributed by atoms with van der Waals surface area (Å²) in [5.41, 5.74) is 2.64. The first-order valence-electron chi connectivity index (χ1n) is 10.7. The Hall–Kier alpha value is -2.94. The van der Waals surface area contributed by atoms with Crippen LogP contribution in [0.4, 0.5) is 5.82 Å². The maximum atomic E-state index is 13.0. The van der Waals surface area contributed by atoms with Crippen LogP contribution in [-0.2, 0) is 0 Å². The van der Waals surface area contributed by atoms with E-state index < -0.39 is 6.10 Å². The van der Waals surface area contributed by atoms with E-state index in [0.29, 0.717) is 51.8 Å². The quantitative estimate of drug-likeness (QED) is 0.391. The number of hydrogen-bond donors (Lipinski definition) is 3. The lowest BCUT2D eigenvalue weighted by Gasteiger charge is -2.30. The van der Waals surface area contributed by atoms with Crippen molar-refractivity contribution in [3.8, 4) is 0 Å². The van der Waals surface area contributed by atoms with Gasteiger partial charge in [0, 0.05) is 23.5 Å². The van der Waals surface area contributed by atoms with Gasteiger partial charge in [-0.3, -0.25) is 4.79 Å². The Morgan fingerprint density at radius 3 is 2.91 bits per heavy atom. The van der Waals surface area contributed by atoms with Gasteiger partial charge in [-0.05, 0) is 50.1 Å². The van der Waals surface area contributed by atoms with E-state index in [0.717, 1.165) is 23.3 Å². The summed E-state index contributed by atoms with van der Waals surface area (Å²) < 4.78 is 0. The highest BCUT2D eigenvalue weighted by Gasteiger charge is 2.25. The number of rotatable bonds is 4. The first-order valence-corrected chi connectivity index (χ1v) is 11.5. The van der Waals surface area contributed by atoms with Gasteiger partial charge < -0.3 is 20.3 Å². The summed E-state index contributed by atoms with van der Waals surface area (Å²) in [5.74, 6) is 1.11. The fraction of sp³-hybridized carbons (Fsp3) is 0.304. The number of halogens is 2. The van der Waals surface area contributed by atoms with Gasteiger partial charge in [0.2, 0.25) is 0 Å². The van der Waals surface area contributed by atoms with Crippen molar-refractivity contribution in [1.82, 2.24) is 24.8 Å². The van der Waals surface area contributed by atoms with E-state index in [1.165, 1.54) is 6.33 Å². The molecule has 0 spiro atoms. The van der Waals surface area contributed by atoms with Crippen LogP contribution in [0, 0.1) is 0 Å². The molecule has 1 aliphatic rings. The summed E-state index contributed by atoms with van der Waals surface area (Å²) in [6.45, 7) is 2.87. The highest BCUT2D eigenvalue weighted by Crippen LogP contribution is 2.30. The fourth-order valence-corrected chi connectivity index (χ4v) is 4.56. The number of amides is 1. The molecule has 10 heteroatoms. The molecule has 0 radical (unpaired) electrons. The topological polar surface area (TPSA) is 107 Å². The second-order valence-electron chi connectivity index (χ2n) is 8.27. The SMILES string of the molecule is C[C@H](Nc1ncnc2cc(C(=O)N3CCC[C@H](O)C3)c(Cl)cc12)c1nc2ccc(Cl)cc2[nH]1. The van der Waals surface area contributed by atoms with Crippen LogP contribution in [0.25, 0.3) is 21.9 Å². The Kier molecular flexibility index (Phi) is 5.82. The average Bonchev–Trinajstić information content (AvgIpc) is 3.22. The third-order valence-electron chi connectivity index (χ3n) is 5.86. The molecule has 170 valence electrons. The first kappa shape index (κ1) is 21.9. The molecule has 3 heterocycles. The Balaban J connectivity index is 1.44. The van der Waals surface area contributed by atoms with Crippen LogP contribution in [0.1, 0.15) is 42.0 Å². The number of nitrogens with zero attached hydrogens (tertiary/aromatic N) is 4. The molecule has 2 aromatic carbocycles. The molecule has 8 nitrogen and oxygen atoms in total. The summed E-state index contributed by atoms with van der Waals surface area (Å²) in [5, 5.41) is 14.9. The van der Waals surface area contributed by atoms with Crippen LogP contribution in [0.15, 0.2) is 36.7 Å². The monoisotopic (exact) mass is 484 g/mol. The molecule has 1 amide bonds. The molecule has 2 atom stereocenters. The Labute approximate surface area is 200 Å². The Morgan fingerprint density at radius 2 is 2.09 bits per heavy atom. The van der Waals surface area contributed by atoms with Crippen LogP contribution in [0.3, 0.4) is 0 Å². The van der Waals surface area contributed by atoms with Gasteiger partial charge in [0.15, 0.2) is 0 Å². The van der Waals surface area contributed by atoms with Crippen molar-refractivity contribution in [1.29, 1.82) is 0 Å². The second kappa shape index (κ2) is 8.78. The molecule has 1 aliphatic heterocycles. The van der Waals surface area contributed by atoms with Gasteiger partial charge in [0.05, 0.1) is 39.3 Å². The zero-order valence-corrected chi connectivity index (χ0v) is 19.4. The smallest absolute Gasteiger partial charge is 0.255 e. The van der Waals surface area contributed by atoms with E-state index in [-0.39, 0.29) is 11.9 Å². The number of fused-ring (bicyclic) bond motifs is 2. The molecular formula is C23H22Cl2N6O2. The Morgan fingerprint density at radius 1 is 1.24 bits per heavy atom. The molecule has 3 N–H and O–H groups in total. The number of anilines is 1. The number of carbonyl (C=O) groups is 1. The maximum Gasteiger partial charge on any atom is 0.255 e. The van der Waals surface area contributed by atoms with Gasteiger partial charge >= 0.3 is 0 Å². The molecule has 4 aromatic rings. The van der Waals surface area contributed by atoms with Gasteiger partial charge in [-0.25, -0.2) is 15.0 Å². The highest BCUT2D eigenvalue weighted by atomic mass is 35.5. The molecule has 0 bridgehead atoms. The van der Waals surface area contributed by atoms with Crippen molar-refractivity contribution >= 4 is 56.9 Å². The predicted octanol–water partition coefficient (Wildman–Crippen LogP) is 4.58. The number of carbonyl (C=O) groups excluding carboxylic acids is 1. The third kappa shape index (κ3) is 4.34. The lowest BCUT2D eigenvalue weighted by molar-refractivity contribution is 0.0474. The summed E-state index contributed by atoms with van der Waals surface area (Å²) in [6.07, 6.45) is 2.41. The number of benzene rings is 2. The summed E-state index contributed by atoms with van der Waals surface area (Å²) in [7, 11) is 0. The molecular weight excluding hydrogens is 463 g/mol. The van der Waals surface area contributed by atoms with Crippen LogP contribution in [-0.4, -0.2) is 55.0 Å². The minimum Gasteiger partial charge on any atom is -0.391 e. The lowest BCUT2D eigenvalue weighted by atomic mass is 10.1. The fourth-order valence-electron chi connectivity index (χ4n) is 4.15. The number of hydrogen-bond acceptors (Lipinski definition) is 6. The van der Waals surface area contributed by atoms with Gasteiger partial charge in [0.25, 0.3) is 5.91 Å². The predicted molar refractivity (Wildman–Crippen MR) is 129 cm³/mol. The average molecular weight is 485 g/mol. The molecule has 1 saturated heterocycles. The van der Waals surface area contributed by atoms with Crippen molar-refractivity contribution in [2.45, 2.75) is 31.9 Å². The number of aromatic nitrogens is 4. The number of likely N-dealkylation sites (tertiary alicyclic amines) is 1. The molecule has 0 aliphatic carbocycles. The van der Waals surface area contributed by atoms with Crippen molar-refractivity contribution in [3.63, 3.8) is 0 Å². The van der Waals surface area contributed by atoms with Crippen molar-refractivity contribution in [2.24, 2.45) is 0 Å². The molecule has 0 saturated carbocycles. The summed E-state index contributed by atoms with van der Waals surface area (Å²) in [6, 6.07) is 8.70. The number of imidazole rings is 1. The Bertz CT molecular complexity index is 1360. The summed E-state index contributed by atoms with van der Waals surface area (Å²) >= 11 is 12.6. The van der Waals surface area contributed by atoms with Crippen LogP contribution >= 0.6 is 23.2 Å². The van der Waals surface area contributed by atoms with E-state index in [2.05, 4.69) is 25.3 Å². The number of piperidine rings is 1. The molecule has 0 unspecified atom stereocenters. The number of β-amino-alcohol motifs (C(OH)–C–C–N with tert-alkyl or cyclic N) is 1. The van der Waals surface area contributed by atoms with Gasteiger partial charge in [-0.1, -0.05) is 23.2 Å². The van der Waals surface area contributed by atoms with Gasteiger partial charge in [0.1, 0.15) is 18.0 Å². The third-order valence-corrected chi connectivity index (χ3v) is 6.41. The van der Waals surface area contributed by atoms with Crippen LogP contribution in [0.5, 0.6) is 0 Å². The van der Waals surface area contributed by atoms with E-state index in [4.69, 9.17) is 23.2 Å². The minimum atomic E-state index is -0.504. The van der Waals surface area contributed by atoms with E-state index in [1.54, 1.807) is 23.1 Å². The molecule has 2 aromatic heterocycles. The van der Waals surface area contributed by atoms with Gasteiger partial charge in [-0.2, -0.15) is 0 Å². The zero-order chi connectivity index (χ0) is 23.1. The highest BCUT2D eigenvalue weighted by molar-refractivity contribution is 6.35. The standard InChI is InChI=1S/C23H22Cl2N6O2/c1-12(21-29-18-5-4-13(24)7-20(18)30-21)28-22-16-8-17(25)15(9-19(16)26-11-27-22)23(33)31-6-2-3-14(32)10-31/h4-5,7-9,11-12,14,32H,2-3,6,10H2,1H3,(H,29,30)(H,26,27,28)/t12-,14-/m0/s1. The lowest BCUT2D eigenvalue weighted by Crippen LogP contribution is -2.42. The number of aromatic amines is 1. The normalized spacial score (nSPS) is 17.5. The maximum absolute atomic E-state index is 13.0. The van der Waals surface area contributed by atoms with Crippen LogP contribution in [0.2, 0.25) is 10.0 Å². The number of aliphatic hydroxyl groups is 1. The zero-order valence-electron chi connectivity index (χ0n) is 17.8. The first-order chi connectivity index (χ1) is 15.9. The van der Waals surface area contributed by atoms with Gasteiger partial charge in [-0.15, -0.1) is 0 Å². The van der Waals surface area contributed by atoms with Crippen LogP contribution < -0.4 is 5.32 Å². The number of H-pyrrole nitrogens is 1. The number of aliphatic hydroxyl groups excluding tert-OH is 1.